The molecule has 0 fully saturated rings. The Hall–Kier alpha value is -0.510. The smallest absolute Gasteiger partial charge is 0.201 e. The molecule has 0 aromatic carbocycles. The molecule has 1 aromatic heterocycles. The van der Waals surface area contributed by atoms with Gasteiger partial charge in [0.25, 0.3) is 0 Å². The fourth-order valence-electron chi connectivity index (χ4n) is 0.725. The summed E-state index contributed by atoms with van der Waals surface area (Å²) < 4.78 is 29.0. The topological polar surface area (TPSA) is 12.9 Å². The number of aromatic nitrogens is 1. The molecule has 1 aromatic rings. The van der Waals surface area contributed by atoms with Crippen molar-refractivity contribution in [3.8, 4) is 0 Å². The summed E-state index contributed by atoms with van der Waals surface area (Å²) >= 11 is 0.566. The lowest BCUT2D eigenvalue weighted by Gasteiger charge is -2.14. The number of rotatable bonds is 0. The summed E-state index contributed by atoms with van der Waals surface area (Å²) in [6.07, 6.45) is 0. The van der Waals surface area contributed by atoms with E-state index in [9.17, 15) is 8.78 Å². The van der Waals surface area contributed by atoms with Crippen molar-refractivity contribution in [3.05, 3.63) is 16.6 Å². The fourth-order valence-corrected chi connectivity index (χ4v) is 1.43. The highest BCUT2D eigenvalue weighted by atomic mass is 32.1. The van der Waals surface area contributed by atoms with Crippen LogP contribution < -0.4 is 0 Å². The Morgan fingerprint density at radius 1 is 1.27 bits per heavy atom. The highest BCUT2D eigenvalue weighted by molar-refractivity contribution is 7.04. The van der Waals surface area contributed by atoms with Crippen molar-refractivity contribution in [1.82, 2.24) is 4.37 Å². The highest BCUT2D eigenvalue weighted by Gasteiger charge is 2.24. The molecule has 0 radical (unpaired) electrons. The first kappa shape index (κ1) is 8.59. The van der Waals surface area contributed by atoms with Crippen molar-refractivity contribution in [3.63, 3.8) is 0 Å². The van der Waals surface area contributed by atoms with E-state index in [1.54, 1.807) is 20.8 Å². The van der Waals surface area contributed by atoms with Gasteiger partial charge in [0.2, 0.25) is 5.13 Å². The van der Waals surface area contributed by atoms with Crippen LogP contribution in [-0.2, 0) is 5.41 Å². The average molecular weight is 177 g/mol. The summed E-state index contributed by atoms with van der Waals surface area (Å²) in [6.45, 7) is 5.39. The zero-order valence-corrected chi connectivity index (χ0v) is 7.43. The average Bonchev–Trinajstić information content (AvgIpc) is 2.11. The van der Waals surface area contributed by atoms with Crippen molar-refractivity contribution < 1.29 is 8.78 Å². The lowest BCUT2D eigenvalue weighted by molar-refractivity contribution is 0.475. The maximum atomic E-state index is 12.8. The number of hydrogen-bond acceptors (Lipinski definition) is 2. The van der Waals surface area contributed by atoms with Gasteiger partial charge in [-0.15, -0.1) is 0 Å². The lowest BCUT2D eigenvalue weighted by Crippen LogP contribution is -2.13. The van der Waals surface area contributed by atoms with Crippen molar-refractivity contribution in [1.29, 1.82) is 0 Å². The molecule has 0 unspecified atom stereocenters. The molecule has 4 heteroatoms. The van der Waals surface area contributed by atoms with Gasteiger partial charge >= 0.3 is 0 Å². The Kier molecular flexibility index (Phi) is 1.96. The fraction of sp³-hybridized carbons (Fsp3) is 0.571. The Bertz CT molecular complexity index is 262. The van der Waals surface area contributed by atoms with Crippen LogP contribution in [0, 0.1) is 10.9 Å². The van der Waals surface area contributed by atoms with E-state index in [1.807, 2.05) is 0 Å². The minimum atomic E-state index is -0.824. The van der Waals surface area contributed by atoms with E-state index >= 15 is 0 Å². The quantitative estimate of drug-likeness (QED) is 0.593. The predicted octanol–water partition coefficient (Wildman–Crippen LogP) is 2.72. The molecule has 0 atom stereocenters. The van der Waals surface area contributed by atoms with E-state index in [0.29, 0.717) is 11.5 Å². The molecule has 1 heterocycles. The van der Waals surface area contributed by atoms with Crippen LogP contribution in [0.2, 0.25) is 0 Å². The van der Waals surface area contributed by atoms with Gasteiger partial charge in [0.1, 0.15) is 0 Å². The largest absolute Gasteiger partial charge is 0.231 e. The molecule has 0 aliphatic carbocycles. The van der Waals surface area contributed by atoms with E-state index in [-0.39, 0.29) is 5.69 Å². The molecular formula is C7H9F2NS. The van der Waals surface area contributed by atoms with Gasteiger partial charge in [-0.25, -0.2) is 4.39 Å². The third-order valence-corrected chi connectivity index (χ3v) is 1.92. The molecule has 0 amide bonds. The van der Waals surface area contributed by atoms with Gasteiger partial charge < -0.3 is 0 Å². The van der Waals surface area contributed by atoms with Gasteiger partial charge in [-0.1, -0.05) is 20.8 Å². The van der Waals surface area contributed by atoms with Gasteiger partial charge in [-0.2, -0.15) is 8.76 Å². The van der Waals surface area contributed by atoms with E-state index in [0.717, 1.165) is 0 Å². The molecule has 1 rings (SSSR count). The van der Waals surface area contributed by atoms with Crippen LogP contribution in [0.3, 0.4) is 0 Å². The first-order chi connectivity index (χ1) is 4.93. The summed E-state index contributed by atoms with van der Waals surface area (Å²) in [5.41, 5.74) is -0.203. The van der Waals surface area contributed by atoms with Gasteiger partial charge in [0.15, 0.2) is 5.82 Å². The van der Waals surface area contributed by atoms with Crippen LogP contribution in [0.25, 0.3) is 0 Å². The van der Waals surface area contributed by atoms with Crippen LogP contribution in [0.5, 0.6) is 0 Å². The molecule has 11 heavy (non-hydrogen) atoms. The minimum Gasteiger partial charge on any atom is -0.201 e. The van der Waals surface area contributed by atoms with Gasteiger partial charge in [-0.3, -0.25) is 0 Å². The lowest BCUT2D eigenvalue weighted by atomic mass is 9.92. The Morgan fingerprint density at radius 2 is 1.82 bits per heavy atom. The van der Waals surface area contributed by atoms with Crippen molar-refractivity contribution in [2.45, 2.75) is 26.2 Å². The highest BCUT2D eigenvalue weighted by Crippen LogP contribution is 2.26. The third kappa shape index (κ3) is 1.56. The molecule has 0 bridgehead atoms. The standard InChI is InChI=1S/C7H9F2NS/c1-7(2,3)5-4(8)6(9)11-10-5/h1-3H3. The van der Waals surface area contributed by atoms with Crippen LogP contribution >= 0.6 is 11.5 Å². The second-order valence-electron chi connectivity index (χ2n) is 3.37. The number of halogens is 2. The summed E-state index contributed by atoms with van der Waals surface area (Å²) in [5, 5.41) is -0.824. The first-order valence-corrected chi connectivity index (χ1v) is 4.01. The van der Waals surface area contributed by atoms with Crippen molar-refractivity contribution >= 4 is 11.5 Å². The summed E-state index contributed by atoms with van der Waals surface area (Å²) in [4.78, 5) is 0. The zero-order valence-electron chi connectivity index (χ0n) is 6.61. The van der Waals surface area contributed by atoms with Crippen LogP contribution in [-0.4, -0.2) is 4.37 Å². The van der Waals surface area contributed by atoms with Gasteiger partial charge in [0.05, 0.1) is 5.69 Å². The SMILES string of the molecule is CC(C)(C)c1nsc(F)c1F. The molecule has 0 aliphatic heterocycles. The molecule has 0 saturated carbocycles. The Balaban J connectivity index is 3.15. The van der Waals surface area contributed by atoms with E-state index in [4.69, 9.17) is 0 Å². The number of hydrogen-bond donors (Lipinski definition) is 0. The third-order valence-electron chi connectivity index (χ3n) is 1.31. The normalized spacial score (nSPS) is 12.1. The molecule has 62 valence electrons. The van der Waals surface area contributed by atoms with Crippen LogP contribution in [0.1, 0.15) is 26.5 Å². The maximum Gasteiger partial charge on any atom is 0.231 e. The summed E-state index contributed by atoms with van der Waals surface area (Å²) in [5.74, 6) is -0.803. The molecule has 1 nitrogen and oxygen atoms in total. The molecule has 0 saturated heterocycles. The zero-order chi connectivity index (χ0) is 8.65. The predicted molar refractivity (Wildman–Crippen MR) is 40.7 cm³/mol. The van der Waals surface area contributed by atoms with Gasteiger partial charge in [0, 0.05) is 5.41 Å². The van der Waals surface area contributed by atoms with Crippen molar-refractivity contribution in [2.75, 3.05) is 0 Å². The Labute approximate surface area is 68.2 Å². The van der Waals surface area contributed by atoms with Crippen molar-refractivity contribution in [2.24, 2.45) is 0 Å². The molecule has 0 spiro atoms. The monoisotopic (exact) mass is 177 g/mol. The molecule has 0 aliphatic rings. The van der Waals surface area contributed by atoms with E-state index in [1.165, 1.54) is 0 Å². The second-order valence-corrected chi connectivity index (χ2v) is 4.09. The summed E-state index contributed by atoms with van der Waals surface area (Å²) in [7, 11) is 0. The minimum absolute atomic E-state index is 0.208. The van der Waals surface area contributed by atoms with Crippen LogP contribution in [0.4, 0.5) is 8.78 Å². The van der Waals surface area contributed by atoms with Gasteiger partial charge in [-0.05, 0) is 11.5 Å². The maximum absolute atomic E-state index is 12.8. The summed E-state index contributed by atoms with van der Waals surface area (Å²) in [6, 6.07) is 0. The Morgan fingerprint density at radius 3 is 2.00 bits per heavy atom. The van der Waals surface area contributed by atoms with Crippen LogP contribution in [0.15, 0.2) is 0 Å². The second kappa shape index (κ2) is 2.52. The molecular weight excluding hydrogens is 168 g/mol. The van der Waals surface area contributed by atoms with E-state index in [2.05, 4.69) is 4.37 Å². The first-order valence-electron chi connectivity index (χ1n) is 3.24. The van der Waals surface area contributed by atoms with E-state index < -0.39 is 16.4 Å². The number of nitrogens with zero attached hydrogens (tertiary/aromatic N) is 1. The molecule has 0 N–H and O–H groups in total.